The fourth-order valence-corrected chi connectivity index (χ4v) is 2.67. The molecule has 0 atom stereocenters. The fraction of sp³-hybridized carbons (Fsp3) is 0.235. The highest BCUT2D eigenvalue weighted by molar-refractivity contribution is 6.29. The lowest BCUT2D eigenvalue weighted by Crippen LogP contribution is -2.38. The van der Waals surface area contributed by atoms with Gasteiger partial charge in [0, 0.05) is 25.4 Å². The number of hydrogen-bond donors (Lipinski definition) is 0. The Balaban J connectivity index is 2.02. The van der Waals surface area contributed by atoms with Crippen LogP contribution in [-0.2, 0) is 13.1 Å². The molecule has 3 heterocycles. The molecule has 0 fully saturated rings. The van der Waals surface area contributed by atoms with Crippen LogP contribution in [0.5, 0.6) is 0 Å². The average molecular weight is 356 g/mol. The quantitative estimate of drug-likeness (QED) is 0.514. The molecule has 3 rings (SSSR count). The number of nitriles is 1. The number of nitrogens with zero attached hydrogens (tertiary/aromatic N) is 5. The molecular weight excluding hydrogens is 342 g/mol. The summed E-state index contributed by atoms with van der Waals surface area (Å²) in [5.74, 6) is 0.323. The molecule has 2 aliphatic rings. The highest BCUT2D eigenvalue weighted by Gasteiger charge is 2.16. The van der Waals surface area contributed by atoms with E-state index < -0.39 is 11.2 Å². The number of hydrogen-bond acceptors (Lipinski definition) is 5. The minimum Gasteiger partial charge on any atom is -0.328 e. The van der Waals surface area contributed by atoms with Gasteiger partial charge in [0.05, 0.1) is 18.2 Å². The van der Waals surface area contributed by atoms with Crippen molar-refractivity contribution in [2.24, 2.45) is 0 Å². The normalized spacial score (nSPS) is 10.7. The Hall–Kier alpha value is -2.98. The van der Waals surface area contributed by atoms with Crippen molar-refractivity contribution in [3.63, 3.8) is 0 Å². The van der Waals surface area contributed by atoms with E-state index in [2.05, 4.69) is 9.97 Å². The summed E-state index contributed by atoms with van der Waals surface area (Å²) in [5.41, 5.74) is 0.233. The van der Waals surface area contributed by atoms with Gasteiger partial charge in [0.15, 0.2) is 5.82 Å². The third-order valence-corrected chi connectivity index (χ3v) is 3.99. The lowest BCUT2D eigenvalue weighted by molar-refractivity contribution is 0.592. The fourth-order valence-electron chi connectivity index (χ4n) is 2.56. The summed E-state index contributed by atoms with van der Waals surface area (Å²) in [7, 11) is 0. The summed E-state index contributed by atoms with van der Waals surface area (Å²) in [4.78, 5) is 32.9. The molecule has 8 heteroatoms. The lowest BCUT2D eigenvalue weighted by atomic mass is 10.2. The first-order chi connectivity index (χ1) is 12.1. The maximum absolute atomic E-state index is 12.6. The van der Waals surface area contributed by atoms with Crippen molar-refractivity contribution in [2.45, 2.75) is 25.9 Å². The summed E-state index contributed by atoms with van der Waals surface area (Å²) >= 11 is 5.79. The van der Waals surface area contributed by atoms with E-state index in [1.807, 2.05) is 12.1 Å². The van der Waals surface area contributed by atoms with Crippen LogP contribution in [0.25, 0.3) is 11.4 Å². The minimum atomic E-state index is -0.607. The van der Waals surface area contributed by atoms with Gasteiger partial charge < -0.3 is 4.57 Å². The molecule has 0 spiro atoms. The van der Waals surface area contributed by atoms with Crippen LogP contribution in [0.1, 0.15) is 18.4 Å². The summed E-state index contributed by atoms with van der Waals surface area (Å²) in [5, 5.41) is 9.00. The molecule has 0 bridgehead atoms. The number of halogens is 1. The molecule has 0 radical (unpaired) electrons. The molecule has 0 saturated heterocycles. The van der Waals surface area contributed by atoms with Crippen LogP contribution in [0.3, 0.4) is 0 Å². The monoisotopic (exact) mass is 355 g/mol. The maximum Gasteiger partial charge on any atom is 0.352 e. The first kappa shape index (κ1) is 16.9. The second-order valence-corrected chi connectivity index (χ2v) is 5.86. The molecule has 7 nitrogen and oxygen atoms in total. The summed E-state index contributed by atoms with van der Waals surface area (Å²) < 4.78 is 2.80. The van der Waals surface area contributed by atoms with E-state index in [0.29, 0.717) is 29.5 Å². The van der Waals surface area contributed by atoms with Crippen LogP contribution in [0, 0.1) is 11.3 Å². The van der Waals surface area contributed by atoms with E-state index in [1.165, 1.54) is 0 Å². The first-order valence-electron chi connectivity index (χ1n) is 7.67. The van der Waals surface area contributed by atoms with Crippen LogP contribution < -0.4 is 11.2 Å². The van der Waals surface area contributed by atoms with Gasteiger partial charge in [0.1, 0.15) is 5.15 Å². The molecule has 25 heavy (non-hydrogen) atoms. The lowest BCUT2D eigenvalue weighted by Gasteiger charge is -2.15. The van der Waals surface area contributed by atoms with Crippen LogP contribution >= 0.6 is 11.6 Å². The van der Waals surface area contributed by atoms with Gasteiger partial charge in [-0.15, -0.1) is 0 Å². The number of unbranched alkanes of at least 4 members (excludes halogenated alkanes) is 1. The number of pyridine rings is 2. The SMILES string of the molecule is N#CCCCn1c(=O)nc2n(Cc3ccc(Cl)nc3)cccc-2c1=O. The van der Waals surface area contributed by atoms with Gasteiger partial charge in [0.25, 0.3) is 5.56 Å². The van der Waals surface area contributed by atoms with Crippen molar-refractivity contribution >= 4 is 11.6 Å². The Morgan fingerprint density at radius 1 is 1.24 bits per heavy atom. The van der Waals surface area contributed by atoms with Crippen molar-refractivity contribution in [3.8, 4) is 17.5 Å². The van der Waals surface area contributed by atoms with Crippen molar-refractivity contribution in [2.75, 3.05) is 0 Å². The van der Waals surface area contributed by atoms with Crippen LogP contribution in [0.4, 0.5) is 0 Å². The Kier molecular flexibility index (Phi) is 4.91. The predicted molar refractivity (Wildman–Crippen MR) is 92.6 cm³/mol. The third kappa shape index (κ3) is 3.59. The molecular formula is C17H14ClN5O2. The van der Waals surface area contributed by atoms with Crippen molar-refractivity contribution in [3.05, 3.63) is 68.2 Å². The van der Waals surface area contributed by atoms with E-state index >= 15 is 0 Å². The summed E-state index contributed by atoms with van der Waals surface area (Å²) in [6, 6.07) is 8.87. The van der Waals surface area contributed by atoms with E-state index in [9.17, 15) is 9.59 Å². The van der Waals surface area contributed by atoms with Crippen LogP contribution in [0.15, 0.2) is 46.2 Å². The minimum absolute atomic E-state index is 0.185. The van der Waals surface area contributed by atoms with Gasteiger partial charge >= 0.3 is 5.69 Å². The van der Waals surface area contributed by atoms with Gasteiger partial charge in [0.2, 0.25) is 0 Å². The van der Waals surface area contributed by atoms with E-state index in [-0.39, 0.29) is 13.0 Å². The van der Waals surface area contributed by atoms with Crippen LogP contribution in [-0.4, -0.2) is 19.1 Å². The molecule has 0 unspecified atom stereocenters. The molecule has 0 aliphatic carbocycles. The molecule has 126 valence electrons. The highest BCUT2D eigenvalue weighted by Crippen LogP contribution is 2.15. The molecule has 0 N–H and O–H groups in total. The Labute approximate surface area is 148 Å². The smallest absolute Gasteiger partial charge is 0.328 e. The van der Waals surface area contributed by atoms with Crippen LogP contribution in [0.2, 0.25) is 5.15 Å². The van der Waals surface area contributed by atoms with Crippen molar-refractivity contribution < 1.29 is 0 Å². The van der Waals surface area contributed by atoms with Gasteiger partial charge in [-0.2, -0.15) is 10.2 Å². The van der Waals surface area contributed by atoms with E-state index in [4.69, 9.17) is 16.9 Å². The summed E-state index contributed by atoms with van der Waals surface area (Å²) in [6.45, 7) is 0.593. The van der Waals surface area contributed by atoms with Gasteiger partial charge in [-0.05, 0) is 30.2 Å². The number of rotatable bonds is 5. The van der Waals surface area contributed by atoms with E-state index in [1.54, 1.807) is 35.2 Å². The topological polar surface area (TPSA) is 93.6 Å². The second kappa shape index (κ2) is 7.28. The highest BCUT2D eigenvalue weighted by atomic mass is 35.5. The van der Waals surface area contributed by atoms with Crippen molar-refractivity contribution in [1.29, 1.82) is 5.26 Å². The molecule has 1 aromatic heterocycles. The zero-order chi connectivity index (χ0) is 17.8. The molecule has 1 aromatic rings. The Morgan fingerprint density at radius 3 is 2.80 bits per heavy atom. The molecule has 0 aromatic carbocycles. The van der Waals surface area contributed by atoms with Gasteiger partial charge in [-0.25, -0.2) is 9.78 Å². The first-order valence-corrected chi connectivity index (χ1v) is 8.05. The molecule has 2 aliphatic heterocycles. The zero-order valence-electron chi connectivity index (χ0n) is 13.2. The van der Waals surface area contributed by atoms with Crippen molar-refractivity contribution in [1.82, 2.24) is 19.1 Å². The Bertz CT molecular complexity index is 1020. The average Bonchev–Trinajstić information content (AvgIpc) is 2.60. The zero-order valence-corrected chi connectivity index (χ0v) is 14.0. The predicted octanol–water partition coefficient (Wildman–Crippen LogP) is 1.91. The number of aromatic nitrogens is 4. The molecule has 0 amide bonds. The standard InChI is InChI=1S/C17H14ClN5O2/c18-14-6-5-12(10-20-14)11-22-8-3-4-13-15(22)21-17(25)23(16(13)24)9-2-1-7-19/h3-6,8,10H,1-2,9,11H2. The van der Waals surface area contributed by atoms with Gasteiger partial charge in [-0.3, -0.25) is 9.36 Å². The largest absolute Gasteiger partial charge is 0.352 e. The Morgan fingerprint density at radius 2 is 2.08 bits per heavy atom. The third-order valence-electron chi connectivity index (χ3n) is 3.76. The number of fused-ring (bicyclic) bond motifs is 1. The van der Waals surface area contributed by atoms with Gasteiger partial charge in [-0.1, -0.05) is 17.7 Å². The molecule has 0 saturated carbocycles. The van der Waals surface area contributed by atoms with E-state index in [0.717, 1.165) is 10.1 Å². The maximum atomic E-state index is 12.6. The summed E-state index contributed by atoms with van der Waals surface area (Å²) in [6.07, 6.45) is 4.10. The second-order valence-electron chi connectivity index (χ2n) is 5.48.